The Morgan fingerprint density at radius 2 is 1.86 bits per heavy atom. The molecule has 8 heteroatoms. The lowest BCUT2D eigenvalue weighted by molar-refractivity contribution is -0.385. The number of nitro benzene ring substituents is 1. The molecule has 0 saturated heterocycles. The number of amides is 2. The van der Waals surface area contributed by atoms with Gasteiger partial charge in [0.05, 0.1) is 10.5 Å². The van der Waals surface area contributed by atoms with Crippen LogP contribution in [-0.4, -0.2) is 23.3 Å². The summed E-state index contributed by atoms with van der Waals surface area (Å²) >= 11 is 0. The zero-order valence-electron chi connectivity index (χ0n) is 16.2. The lowest BCUT2D eigenvalue weighted by Crippen LogP contribution is -2.44. The van der Waals surface area contributed by atoms with Crippen LogP contribution in [0.4, 0.5) is 5.69 Å². The molecule has 0 saturated carbocycles. The molecule has 2 N–H and O–H groups in total. The molecular formula is C20H23N3O5. The average Bonchev–Trinajstić information content (AvgIpc) is 2.64. The number of hydrazine groups is 1. The van der Waals surface area contributed by atoms with Crippen LogP contribution in [-0.2, 0) is 4.79 Å². The van der Waals surface area contributed by atoms with Crippen molar-refractivity contribution in [2.24, 2.45) is 0 Å². The molecule has 28 heavy (non-hydrogen) atoms. The number of benzene rings is 2. The van der Waals surface area contributed by atoms with Crippen LogP contribution in [0.5, 0.6) is 5.75 Å². The summed E-state index contributed by atoms with van der Waals surface area (Å²) in [6, 6.07) is 9.96. The van der Waals surface area contributed by atoms with Gasteiger partial charge < -0.3 is 4.74 Å². The summed E-state index contributed by atoms with van der Waals surface area (Å²) in [5.74, 6) is -0.346. The van der Waals surface area contributed by atoms with Gasteiger partial charge in [-0.25, -0.2) is 0 Å². The molecule has 0 spiro atoms. The van der Waals surface area contributed by atoms with Gasteiger partial charge in [0, 0.05) is 11.6 Å². The van der Waals surface area contributed by atoms with E-state index in [2.05, 4.69) is 10.9 Å². The van der Waals surface area contributed by atoms with E-state index in [1.54, 1.807) is 0 Å². The Labute approximate surface area is 163 Å². The van der Waals surface area contributed by atoms with E-state index in [0.29, 0.717) is 5.75 Å². The molecule has 0 unspecified atom stereocenters. The van der Waals surface area contributed by atoms with E-state index in [0.717, 1.165) is 11.1 Å². The first-order chi connectivity index (χ1) is 13.2. The van der Waals surface area contributed by atoms with Crippen molar-refractivity contribution in [2.75, 3.05) is 6.61 Å². The zero-order chi connectivity index (χ0) is 20.8. The molecule has 148 valence electrons. The highest BCUT2D eigenvalue weighted by Crippen LogP contribution is 2.27. The fourth-order valence-corrected chi connectivity index (χ4v) is 2.68. The summed E-state index contributed by atoms with van der Waals surface area (Å²) in [7, 11) is 0. The van der Waals surface area contributed by atoms with Gasteiger partial charge in [0.25, 0.3) is 17.5 Å². The van der Waals surface area contributed by atoms with Crippen molar-refractivity contribution in [3.8, 4) is 5.75 Å². The summed E-state index contributed by atoms with van der Waals surface area (Å²) in [5.41, 5.74) is 6.66. The van der Waals surface area contributed by atoms with Crippen LogP contribution in [0.2, 0.25) is 0 Å². The molecule has 0 bridgehead atoms. The molecule has 8 nitrogen and oxygen atoms in total. The van der Waals surface area contributed by atoms with Crippen LogP contribution in [0.1, 0.15) is 46.8 Å². The molecular weight excluding hydrogens is 362 g/mol. The molecule has 0 fully saturated rings. The maximum atomic E-state index is 12.2. The number of ether oxygens (including phenoxy) is 1. The van der Waals surface area contributed by atoms with Crippen molar-refractivity contribution in [1.29, 1.82) is 0 Å². The van der Waals surface area contributed by atoms with Gasteiger partial charge in [0.2, 0.25) is 0 Å². The molecule has 0 aromatic heterocycles. The number of hydrogen-bond acceptors (Lipinski definition) is 5. The molecule has 0 radical (unpaired) electrons. The molecule has 2 aromatic carbocycles. The van der Waals surface area contributed by atoms with Gasteiger partial charge in [-0.15, -0.1) is 0 Å². The number of carbonyl (C=O) groups excluding carboxylic acids is 2. The van der Waals surface area contributed by atoms with Crippen LogP contribution in [0.25, 0.3) is 0 Å². The summed E-state index contributed by atoms with van der Waals surface area (Å²) in [4.78, 5) is 34.6. The maximum Gasteiger partial charge on any atom is 0.276 e. The van der Waals surface area contributed by atoms with Gasteiger partial charge in [0.1, 0.15) is 5.75 Å². The van der Waals surface area contributed by atoms with E-state index < -0.39 is 16.7 Å². The molecule has 2 rings (SSSR count). The van der Waals surface area contributed by atoms with Crippen molar-refractivity contribution >= 4 is 17.5 Å². The highest BCUT2D eigenvalue weighted by Gasteiger charge is 2.18. The number of nitro groups is 1. The van der Waals surface area contributed by atoms with Crippen LogP contribution in [0.15, 0.2) is 36.4 Å². The quantitative estimate of drug-likeness (QED) is 0.586. The van der Waals surface area contributed by atoms with Crippen molar-refractivity contribution in [2.45, 2.75) is 33.6 Å². The van der Waals surface area contributed by atoms with Crippen LogP contribution in [0.3, 0.4) is 0 Å². The summed E-state index contributed by atoms with van der Waals surface area (Å²) < 4.78 is 5.60. The minimum absolute atomic E-state index is 0.108. The van der Waals surface area contributed by atoms with E-state index in [4.69, 9.17) is 4.74 Å². The maximum absolute atomic E-state index is 12.2. The van der Waals surface area contributed by atoms with Gasteiger partial charge in [0.15, 0.2) is 6.61 Å². The Balaban J connectivity index is 1.97. The number of aryl methyl sites for hydroxylation is 1. The predicted molar refractivity (Wildman–Crippen MR) is 104 cm³/mol. The average molecular weight is 385 g/mol. The molecule has 0 heterocycles. The summed E-state index contributed by atoms with van der Waals surface area (Å²) in [5, 5.41) is 11.0. The zero-order valence-corrected chi connectivity index (χ0v) is 16.2. The molecule has 2 amide bonds. The Hall–Kier alpha value is -3.42. The van der Waals surface area contributed by atoms with Crippen LogP contribution >= 0.6 is 0 Å². The first-order valence-electron chi connectivity index (χ1n) is 8.77. The minimum Gasteiger partial charge on any atom is -0.483 e. The summed E-state index contributed by atoms with van der Waals surface area (Å²) in [6.07, 6.45) is 0. The number of rotatable bonds is 6. The first kappa shape index (κ1) is 20.9. The Kier molecular flexibility index (Phi) is 6.70. The number of nitrogens with zero attached hydrogens (tertiary/aromatic N) is 1. The highest BCUT2D eigenvalue weighted by molar-refractivity contribution is 5.97. The molecule has 2 aromatic rings. The third-order valence-electron chi connectivity index (χ3n) is 4.21. The third kappa shape index (κ3) is 5.06. The van der Waals surface area contributed by atoms with E-state index in [1.807, 2.05) is 39.0 Å². The number of hydrogen-bond donors (Lipinski definition) is 2. The number of carbonyl (C=O) groups is 2. The normalized spacial score (nSPS) is 10.5. The monoisotopic (exact) mass is 385 g/mol. The van der Waals surface area contributed by atoms with Crippen molar-refractivity contribution in [1.82, 2.24) is 10.9 Å². The molecule has 0 aliphatic heterocycles. The smallest absolute Gasteiger partial charge is 0.276 e. The van der Waals surface area contributed by atoms with Crippen molar-refractivity contribution in [3.63, 3.8) is 0 Å². The standard InChI is InChI=1S/C20H23N3O5/c1-12(2)15-9-8-13(3)10-18(15)28-11-19(24)21-22-20(25)16-6-5-7-17(14(16)4)23(26)27/h5-10,12H,11H2,1-4H3,(H,21,24)(H,22,25). The number of nitrogens with one attached hydrogen (secondary N) is 2. The van der Waals surface area contributed by atoms with Gasteiger partial charge in [-0.3, -0.25) is 30.6 Å². The SMILES string of the molecule is Cc1ccc(C(C)C)c(OCC(=O)NNC(=O)c2cccc([N+](=O)[O-])c2C)c1. The van der Waals surface area contributed by atoms with E-state index in [9.17, 15) is 19.7 Å². The van der Waals surface area contributed by atoms with Crippen molar-refractivity contribution in [3.05, 3.63) is 68.8 Å². The van der Waals surface area contributed by atoms with Crippen LogP contribution in [0, 0.1) is 24.0 Å². The van der Waals surface area contributed by atoms with Gasteiger partial charge in [-0.05, 0) is 43.0 Å². The van der Waals surface area contributed by atoms with E-state index in [1.165, 1.54) is 25.1 Å². The van der Waals surface area contributed by atoms with Gasteiger partial charge >= 0.3 is 0 Å². The predicted octanol–water partition coefficient (Wildman–Crippen LogP) is 3.18. The van der Waals surface area contributed by atoms with Crippen molar-refractivity contribution < 1.29 is 19.2 Å². The Morgan fingerprint density at radius 3 is 2.50 bits per heavy atom. The third-order valence-corrected chi connectivity index (χ3v) is 4.21. The second kappa shape index (κ2) is 8.98. The Morgan fingerprint density at radius 1 is 1.14 bits per heavy atom. The fourth-order valence-electron chi connectivity index (χ4n) is 2.68. The van der Waals surface area contributed by atoms with Gasteiger partial charge in [-0.2, -0.15) is 0 Å². The van der Waals surface area contributed by atoms with E-state index in [-0.39, 0.29) is 29.3 Å². The molecule has 0 atom stereocenters. The first-order valence-corrected chi connectivity index (χ1v) is 8.77. The fraction of sp³-hybridized carbons (Fsp3) is 0.300. The minimum atomic E-state index is -0.645. The lowest BCUT2D eigenvalue weighted by atomic mass is 10.0. The van der Waals surface area contributed by atoms with E-state index >= 15 is 0 Å². The lowest BCUT2D eigenvalue weighted by Gasteiger charge is -2.15. The topological polar surface area (TPSA) is 111 Å². The van der Waals surface area contributed by atoms with Gasteiger partial charge in [-0.1, -0.05) is 32.0 Å². The van der Waals surface area contributed by atoms with Crippen LogP contribution < -0.4 is 15.6 Å². The second-order valence-electron chi connectivity index (χ2n) is 6.69. The second-order valence-corrected chi connectivity index (χ2v) is 6.69. The largest absolute Gasteiger partial charge is 0.483 e. The Bertz CT molecular complexity index is 909. The molecule has 0 aliphatic rings. The highest BCUT2D eigenvalue weighted by atomic mass is 16.6. The molecule has 0 aliphatic carbocycles. The summed E-state index contributed by atoms with van der Waals surface area (Å²) in [6.45, 7) is 7.18.